The summed E-state index contributed by atoms with van der Waals surface area (Å²) >= 11 is 1.77. The van der Waals surface area contributed by atoms with E-state index in [9.17, 15) is 0 Å². The summed E-state index contributed by atoms with van der Waals surface area (Å²) in [6, 6.07) is 0.412. The molecule has 1 aliphatic carbocycles. The van der Waals surface area contributed by atoms with Crippen molar-refractivity contribution in [3.63, 3.8) is 0 Å². The van der Waals surface area contributed by atoms with Gasteiger partial charge in [0.25, 0.3) is 0 Å². The average Bonchev–Trinajstić information content (AvgIpc) is 2.98. The molecular weight excluding hydrogens is 344 g/mol. The lowest BCUT2D eigenvalue weighted by molar-refractivity contribution is -0.188. The first kappa shape index (κ1) is 19.6. The maximum absolute atomic E-state index is 6.02. The molecule has 26 heavy (non-hydrogen) atoms. The first-order valence-corrected chi connectivity index (χ1v) is 10.8. The highest BCUT2D eigenvalue weighted by atomic mass is 32.1. The second kappa shape index (κ2) is 7.85. The van der Waals surface area contributed by atoms with Crippen LogP contribution in [0.5, 0.6) is 0 Å². The lowest BCUT2D eigenvalue weighted by Gasteiger charge is -2.60. The summed E-state index contributed by atoms with van der Waals surface area (Å²) in [5, 5.41) is 8.19. The highest BCUT2D eigenvalue weighted by Crippen LogP contribution is 2.51. The Morgan fingerprint density at radius 1 is 1.42 bits per heavy atom. The van der Waals surface area contributed by atoms with Crippen LogP contribution in [0.3, 0.4) is 0 Å². The van der Waals surface area contributed by atoms with E-state index < -0.39 is 0 Å². The van der Waals surface area contributed by atoms with E-state index >= 15 is 0 Å². The molecule has 0 aromatic carbocycles. The molecule has 3 rings (SSSR count). The normalized spacial score (nSPS) is 27.8. The predicted octanol–water partition coefficient (Wildman–Crippen LogP) is 3.83. The minimum atomic E-state index is 0.143. The van der Waals surface area contributed by atoms with Gasteiger partial charge in [0.05, 0.1) is 18.3 Å². The fraction of sp³-hybridized carbons (Fsp3) is 0.800. The molecule has 0 radical (unpaired) electrons. The van der Waals surface area contributed by atoms with Gasteiger partial charge >= 0.3 is 0 Å². The van der Waals surface area contributed by atoms with Crippen molar-refractivity contribution in [2.24, 2.45) is 16.3 Å². The van der Waals surface area contributed by atoms with Gasteiger partial charge in [0.2, 0.25) is 0 Å². The Hall–Kier alpha value is -1.14. The number of guanidine groups is 1. The Bertz CT molecular complexity index is 652. The van der Waals surface area contributed by atoms with Crippen molar-refractivity contribution < 1.29 is 4.74 Å². The summed E-state index contributed by atoms with van der Waals surface area (Å²) in [7, 11) is 0. The van der Waals surface area contributed by atoms with Gasteiger partial charge in [0, 0.05) is 35.4 Å². The molecule has 0 spiro atoms. The molecule has 2 fully saturated rings. The summed E-state index contributed by atoms with van der Waals surface area (Å²) < 4.78 is 6.02. The summed E-state index contributed by atoms with van der Waals surface area (Å²) in [6.45, 7) is 15.7. The van der Waals surface area contributed by atoms with Crippen molar-refractivity contribution in [2.45, 2.75) is 79.0 Å². The Kier molecular flexibility index (Phi) is 5.92. The third-order valence-electron chi connectivity index (χ3n) is 5.76. The monoisotopic (exact) mass is 378 g/mol. The Morgan fingerprint density at radius 3 is 2.85 bits per heavy atom. The largest absolute Gasteiger partial charge is 0.377 e. The third-order valence-corrected chi connectivity index (χ3v) is 6.73. The standard InChI is InChI=1S/C20H34N4OS/c1-7-21-19(22-11-15-23-16(12(2)3)13(4)26-15)24-17-14-9-8-10-25-18(14)20(17,5)6/h12,14,17-18H,7-11H2,1-6H3,(H2,21,22,24). The molecule has 2 aliphatic rings. The van der Waals surface area contributed by atoms with Crippen molar-refractivity contribution in [2.75, 3.05) is 13.2 Å². The lowest BCUT2D eigenvalue weighted by atomic mass is 9.55. The van der Waals surface area contributed by atoms with Gasteiger partial charge in [-0.05, 0) is 32.6 Å². The van der Waals surface area contributed by atoms with Crippen molar-refractivity contribution in [1.29, 1.82) is 0 Å². The number of ether oxygens (including phenoxy) is 1. The number of aromatic nitrogens is 1. The molecule has 1 saturated heterocycles. The van der Waals surface area contributed by atoms with Crippen LogP contribution in [0.25, 0.3) is 0 Å². The molecule has 0 bridgehead atoms. The van der Waals surface area contributed by atoms with E-state index in [2.05, 4.69) is 52.2 Å². The van der Waals surface area contributed by atoms with Crippen LogP contribution in [0.15, 0.2) is 4.99 Å². The molecule has 1 saturated carbocycles. The number of hydrogen-bond acceptors (Lipinski definition) is 4. The van der Waals surface area contributed by atoms with Gasteiger partial charge in [0.1, 0.15) is 5.01 Å². The van der Waals surface area contributed by atoms with Crippen LogP contribution in [0.1, 0.15) is 69.0 Å². The first-order chi connectivity index (χ1) is 12.3. The van der Waals surface area contributed by atoms with Gasteiger partial charge in [0.15, 0.2) is 5.96 Å². The topological polar surface area (TPSA) is 58.5 Å². The molecule has 1 aromatic heterocycles. The van der Waals surface area contributed by atoms with Crippen LogP contribution in [-0.2, 0) is 11.3 Å². The predicted molar refractivity (Wildman–Crippen MR) is 109 cm³/mol. The Balaban J connectivity index is 1.69. The fourth-order valence-corrected chi connectivity index (χ4v) is 5.51. The summed E-state index contributed by atoms with van der Waals surface area (Å²) in [5.74, 6) is 1.96. The minimum absolute atomic E-state index is 0.143. The Labute approximate surface area is 162 Å². The van der Waals surface area contributed by atoms with E-state index in [0.29, 0.717) is 30.5 Å². The number of thiazole rings is 1. The molecule has 6 heteroatoms. The number of rotatable bonds is 5. The highest BCUT2D eigenvalue weighted by molar-refractivity contribution is 7.11. The van der Waals surface area contributed by atoms with Crippen molar-refractivity contribution >= 4 is 17.3 Å². The maximum atomic E-state index is 6.02. The number of hydrogen-bond donors (Lipinski definition) is 2. The molecular formula is C20H34N4OS. The molecule has 3 unspecified atom stereocenters. The summed E-state index contributed by atoms with van der Waals surface area (Å²) in [4.78, 5) is 10.9. The molecule has 1 aliphatic heterocycles. The zero-order valence-electron chi connectivity index (χ0n) is 17.1. The average molecular weight is 379 g/mol. The van der Waals surface area contributed by atoms with Gasteiger partial charge in [-0.25, -0.2) is 9.98 Å². The quantitative estimate of drug-likeness (QED) is 0.604. The van der Waals surface area contributed by atoms with Crippen LogP contribution >= 0.6 is 11.3 Å². The molecule has 2 heterocycles. The van der Waals surface area contributed by atoms with E-state index in [-0.39, 0.29) is 5.41 Å². The van der Waals surface area contributed by atoms with Crippen molar-refractivity contribution in [3.8, 4) is 0 Å². The van der Waals surface area contributed by atoms with Crippen LogP contribution in [0, 0.1) is 18.3 Å². The van der Waals surface area contributed by atoms with E-state index in [0.717, 1.165) is 24.1 Å². The third kappa shape index (κ3) is 3.77. The molecule has 2 N–H and O–H groups in total. The number of fused-ring (bicyclic) bond motifs is 1. The lowest BCUT2D eigenvalue weighted by Crippen LogP contribution is -2.71. The first-order valence-electron chi connectivity index (χ1n) is 9.97. The molecule has 1 aromatic rings. The SMILES string of the molecule is CCNC(=NCc1nc(C(C)C)c(C)s1)NC1C2CCCOC2C1(C)C. The van der Waals surface area contributed by atoms with Gasteiger partial charge in [-0.1, -0.05) is 27.7 Å². The summed E-state index contributed by atoms with van der Waals surface area (Å²) in [5.41, 5.74) is 1.35. The van der Waals surface area contributed by atoms with Crippen molar-refractivity contribution in [3.05, 3.63) is 15.6 Å². The van der Waals surface area contributed by atoms with Crippen LogP contribution in [0.2, 0.25) is 0 Å². The number of aryl methyl sites for hydroxylation is 1. The van der Waals surface area contributed by atoms with Crippen LogP contribution in [0.4, 0.5) is 0 Å². The van der Waals surface area contributed by atoms with Gasteiger partial charge in [-0.3, -0.25) is 0 Å². The zero-order chi connectivity index (χ0) is 18.9. The summed E-state index contributed by atoms with van der Waals surface area (Å²) in [6.07, 6.45) is 2.79. The molecule has 3 atom stereocenters. The second-order valence-electron chi connectivity index (χ2n) is 8.44. The fourth-order valence-electron chi connectivity index (χ4n) is 4.50. The van der Waals surface area contributed by atoms with E-state index in [1.165, 1.54) is 23.4 Å². The molecule has 146 valence electrons. The highest BCUT2D eigenvalue weighted by Gasteiger charge is 2.58. The van der Waals surface area contributed by atoms with Crippen molar-refractivity contribution in [1.82, 2.24) is 15.6 Å². The molecule has 5 nitrogen and oxygen atoms in total. The number of nitrogens with zero attached hydrogens (tertiary/aromatic N) is 2. The van der Waals surface area contributed by atoms with Crippen LogP contribution in [-0.4, -0.2) is 36.2 Å². The van der Waals surface area contributed by atoms with E-state index in [1.54, 1.807) is 11.3 Å². The number of aliphatic imine (C=N–C) groups is 1. The molecule has 0 amide bonds. The zero-order valence-corrected chi connectivity index (χ0v) is 17.9. The van der Waals surface area contributed by atoms with Gasteiger partial charge in [-0.15, -0.1) is 11.3 Å². The maximum Gasteiger partial charge on any atom is 0.191 e. The second-order valence-corrected chi connectivity index (χ2v) is 9.73. The smallest absolute Gasteiger partial charge is 0.191 e. The van der Waals surface area contributed by atoms with Crippen LogP contribution < -0.4 is 10.6 Å². The minimum Gasteiger partial charge on any atom is -0.377 e. The number of nitrogens with one attached hydrogen (secondary N) is 2. The Morgan fingerprint density at radius 2 is 2.19 bits per heavy atom. The van der Waals surface area contributed by atoms with E-state index in [1.807, 2.05) is 0 Å². The van der Waals surface area contributed by atoms with Gasteiger partial charge in [-0.2, -0.15) is 0 Å². The van der Waals surface area contributed by atoms with Gasteiger partial charge < -0.3 is 15.4 Å². The van der Waals surface area contributed by atoms with E-state index in [4.69, 9.17) is 14.7 Å².